The van der Waals surface area contributed by atoms with Crippen LogP contribution in [0.25, 0.3) is 0 Å². The number of aryl methyl sites for hydroxylation is 1. The Morgan fingerprint density at radius 3 is 2.67 bits per heavy atom. The van der Waals surface area contributed by atoms with E-state index >= 15 is 0 Å². The Balaban J connectivity index is 1.74. The topological polar surface area (TPSA) is 39.9 Å². The van der Waals surface area contributed by atoms with Gasteiger partial charge in [-0.15, -0.1) is 10.2 Å². The molecular weight excluding hydrogens is 385 g/mol. The van der Waals surface area contributed by atoms with E-state index in [1.165, 1.54) is 23.4 Å². The van der Waals surface area contributed by atoms with Crippen LogP contribution in [0.4, 0.5) is 4.39 Å². The molecule has 0 amide bonds. The summed E-state index contributed by atoms with van der Waals surface area (Å²) in [5.74, 6) is 1.60. The third kappa shape index (κ3) is 4.28. The number of hydrogen-bond acceptors (Lipinski definition) is 4. The average Bonchev–Trinajstić information content (AvgIpc) is 2.99. The highest BCUT2D eigenvalue weighted by molar-refractivity contribution is 7.98. The van der Waals surface area contributed by atoms with Gasteiger partial charge in [0.1, 0.15) is 11.6 Å². The highest BCUT2D eigenvalue weighted by atomic mass is 35.5. The Morgan fingerprint density at radius 1 is 1.19 bits per heavy atom. The predicted octanol–water partition coefficient (Wildman–Crippen LogP) is 5.66. The molecule has 0 aliphatic rings. The van der Waals surface area contributed by atoms with Gasteiger partial charge in [0, 0.05) is 23.4 Å². The second-order valence-electron chi connectivity index (χ2n) is 6.35. The fraction of sp³-hybridized carbons (Fsp3) is 0.300. The van der Waals surface area contributed by atoms with Crippen molar-refractivity contribution in [2.24, 2.45) is 7.05 Å². The van der Waals surface area contributed by atoms with Crippen molar-refractivity contribution in [3.05, 3.63) is 69.8 Å². The molecule has 1 heterocycles. The second-order valence-corrected chi connectivity index (χ2v) is 7.70. The summed E-state index contributed by atoms with van der Waals surface area (Å²) in [6.07, 6.45) is -0.269. The summed E-state index contributed by atoms with van der Waals surface area (Å²) in [6, 6.07) is 10.7. The number of benzene rings is 2. The lowest BCUT2D eigenvalue weighted by molar-refractivity contribution is 0.210. The SMILES string of the molecule is Cc1cccc(OC(C)c2nnc(SCc3c(F)cccc3Cl)n2C)c1C. The van der Waals surface area contributed by atoms with E-state index in [0.717, 1.165) is 11.3 Å². The van der Waals surface area contributed by atoms with Gasteiger partial charge in [-0.05, 0) is 50.1 Å². The molecule has 0 N–H and O–H groups in total. The van der Waals surface area contributed by atoms with Gasteiger partial charge in [0.2, 0.25) is 0 Å². The third-order valence-electron chi connectivity index (χ3n) is 4.50. The Hall–Kier alpha value is -2.05. The molecular formula is C20H21ClFN3OS. The van der Waals surface area contributed by atoms with Crippen LogP contribution in [0.5, 0.6) is 5.75 Å². The summed E-state index contributed by atoms with van der Waals surface area (Å²) < 4.78 is 21.9. The van der Waals surface area contributed by atoms with Gasteiger partial charge in [-0.3, -0.25) is 0 Å². The van der Waals surface area contributed by atoms with E-state index in [-0.39, 0.29) is 11.9 Å². The van der Waals surface area contributed by atoms with Gasteiger partial charge < -0.3 is 9.30 Å². The third-order valence-corrected chi connectivity index (χ3v) is 5.90. The molecule has 0 fully saturated rings. The highest BCUT2D eigenvalue weighted by Gasteiger charge is 2.19. The van der Waals surface area contributed by atoms with Crippen LogP contribution in [0.1, 0.15) is 35.5 Å². The number of rotatable bonds is 6. The first-order chi connectivity index (χ1) is 12.9. The molecule has 1 aromatic heterocycles. The maximum atomic E-state index is 13.9. The van der Waals surface area contributed by atoms with E-state index in [9.17, 15) is 4.39 Å². The van der Waals surface area contributed by atoms with Gasteiger partial charge in [-0.2, -0.15) is 0 Å². The van der Waals surface area contributed by atoms with Crippen LogP contribution in [-0.2, 0) is 12.8 Å². The molecule has 3 rings (SSSR count). The first kappa shape index (κ1) is 19.7. The number of aromatic nitrogens is 3. The van der Waals surface area contributed by atoms with Crippen LogP contribution in [0, 0.1) is 19.7 Å². The fourth-order valence-electron chi connectivity index (χ4n) is 2.71. The molecule has 0 bridgehead atoms. The van der Waals surface area contributed by atoms with Gasteiger partial charge >= 0.3 is 0 Å². The Bertz CT molecular complexity index is 940. The summed E-state index contributed by atoms with van der Waals surface area (Å²) in [7, 11) is 1.88. The fourth-order valence-corrected chi connectivity index (χ4v) is 3.97. The molecule has 4 nitrogen and oxygen atoms in total. The lowest BCUT2D eigenvalue weighted by atomic mass is 10.1. The molecule has 0 radical (unpaired) electrons. The van der Waals surface area contributed by atoms with Gasteiger partial charge in [0.15, 0.2) is 17.1 Å². The first-order valence-corrected chi connectivity index (χ1v) is 9.92. The highest BCUT2D eigenvalue weighted by Crippen LogP contribution is 2.30. The molecule has 7 heteroatoms. The Kier molecular flexibility index (Phi) is 6.07. The zero-order valence-electron chi connectivity index (χ0n) is 15.7. The van der Waals surface area contributed by atoms with E-state index in [1.807, 2.05) is 37.6 Å². The van der Waals surface area contributed by atoms with E-state index in [4.69, 9.17) is 16.3 Å². The van der Waals surface area contributed by atoms with Crippen LogP contribution >= 0.6 is 23.4 Å². The quantitative estimate of drug-likeness (QED) is 0.496. The first-order valence-electron chi connectivity index (χ1n) is 8.56. The van der Waals surface area contributed by atoms with Crippen molar-refractivity contribution in [3.8, 4) is 5.75 Å². The number of hydrogen-bond donors (Lipinski definition) is 0. The second kappa shape index (κ2) is 8.31. The van der Waals surface area contributed by atoms with Gasteiger partial charge in [0.05, 0.1) is 0 Å². The molecule has 0 spiro atoms. The van der Waals surface area contributed by atoms with Gasteiger partial charge in [0.25, 0.3) is 0 Å². The van der Waals surface area contributed by atoms with Crippen LogP contribution < -0.4 is 4.74 Å². The number of ether oxygens (including phenoxy) is 1. The van der Waals surface area contributed by atoms with Crippen molar-refractivity contribution >= 4 is 23.4 Å². The molecule has 142 valence electrons. The van der Waals surface area contributed by atoms with Gasteiger partial charge in [-0.1, -0.05) is 41.6 Å². The lowest BCUT2D eigenvalue weighted by Gasteiger charge is -2.17. The zero-order valence-corrected chi connectivity index (χ0v) is 17.2. The summed E-state index contributed by atoms with van der Waals surface area (Å²) in [4.78, 5) is 0. The lowest BCUT2D eigenvalue weighted by Crippen LogP contribution is -2.11. The van der Waals surface area contributed by atoms with Crippen molar-refractivity contribution in [1.29, 1.82) is 0 Å². The van der Waals surface area contributed by atoms with Crippen LogP contribution in [-0.4, -0.2) is 14.8 Å². The van der Waals surface area contributed by atoms with E-state index < -0.39 is 0 Å². The number of thioether (sulfide) groups is 1. The largest absolute Gasteiger partial charge is 0.482 e. The van der Waals surface area contributed by atoms with E-state index in [0.29, 0.717) is 27.3 Å². The van der Waals surface area contributed by atoms with Gasteiger partial charge in [-0.25, -0.2) is 4.39 Å². The maximum absolute atomic E-state index is 13.9. The molecule has 1 unspecified atom stereocenters. The van der Waals surface area contributed by atoms with E-state index in [1.54, 1.807) is 12.1 Å². The summed E-state index contributed by atoms with van der Waals surface area (Å²) in [5, 5.41) is 9.58. The smallest absolute Gasteiger partial charge is 0.191 e. The molecule has 0 aliphatic heterocycles. The minimum atomic E-state index is -0.316. The molecule has 2 aromatic carbocycles. The molecule has 0 aliphatic carbocycles. The van der Waals surface area contributed by atoms with Crippen molar-refractivity contribution in [3.63, 3.8) is 0 Å². The molecule has 3 aromatic rings. The Morgan fingerprint density at radius 2 is 1.93 bits per heavy atom. The predicted molar refractivity (Wildman–Crippen MR) is 107 cm³/mol. The minimum Gasteiger partial charge on any atom is -0.482 e. The Labute approximate surface area is 167 Å². The molecule has 0 saturated carbocycles. The van der Waals surface area contributed by atoms with Crippen LogP contribution in [0.3, 0.4) is 0 Å². The van der Waals surface area contributed by atoms with Crippen molar-refractivity contribution < 1.29 is 9.13 Å². The van der Waals surface area contributed by atoms with Crippen molar-refractivity contribution in [2.45, 2.75) is 37.8 Å². The van der Waals surface area contributed by atoms with E-state index in [2.05, 4.69) is 23.2 Å². The summed E-state index contributed by atoms with van der Waals surface area (Å²) in [6.45, 7) is 6.03. The van der Waals surface area contributed by atoms with Crippen molar-refractivity contribution in [2.75, 3.05) is 0 Å². The monoisotopic (exact) mass is 405 g/mol. The number of nitrogens with zero attached hydrogens (tertiary/aromatic N) is 3. The minimum absolute atomic E-state index is 0.269. The molecule has 27 heavy (non-hydrogen) atoms. The zero-order chi connectivity index (χ0) is 19.6. The van der Waals surface area contributed by atoms with Crippen molar-refractivity contribution in [1.82, 2.24) is 14.8 Å². The average molecular weight is 406 g/mol. The normalized spacial score (nSPS) is 12.2. The molecule has 1 atom stereocenters. The maximum Gasteiger partial charge on any atom is 0.191 e. The number of halogens is 2. The van der Waals surface area contributed by atoms with Crippen LogP contribution in [0.2, 0.25) is 5.02 Å². The molecule has 0 saturated heterocycles. The summed E-state index contributed by atoms with van der Waals surface area (Å²) in [5.41, 5.74) is 2.75. The standard InChI is InChI=1S/C20H21ClFN3OS/c1-12-7-5-10-18(13(12)2)26-14(3)19-23-24-20(25(19)4)27-11-15-16(21)8-6-9-17(15)22/h5-10,14H,11H2,1-4H3. The van der Waals surface area contributed by atoms with Crippen LogP contribution in [0.15, 0.2) is 41.6 Å². The summed E-state index contributed by atoms with van der Waals surface area (Å²) >= 11 is 7.48.